The van der Waals surface area contributed by atoms with Crippen LogP contribution in [-0.2, 0) is 0 Å². The molecule has 0 fully saturated rings. The molecular weight excluding hydrogens is 175 g/mol. The Kier molecular flexibility index (Phi) is 5.88. The zero-order chi connectivity index (χ0) is 10.6. The van der Waals surface area contributed by atoms with Gasteiger partial charge in [-0.3, -0.25) is 0 Å². The smallest absolute Gasteiger partial charge is 0.0180 e. The Morgan fingerprint density at radius 2 is 1.54 bits per heavy atom. The Hall–Kier alpha value is 0.170. The number of hydrogen-bond acceptors (Lipinski definition) is 0. The lowest BCUT2D eigenvalue weighted by atomic mass is 10.1. The lowest BCUT2D eigenvalue weighted by Crippen LogP contribution is -2.10. The van der Waals surface area contributed by atoms with Gasteiger partial charge in [0.1, 0.15) is 0 Å². The summed E-state index contributed by atoms with van der Waals surface area (Å²) in [5, 5.41) is 1.68. The number of rotatable bonds is 4. The average Bonchev–Trinajstić information content (AvgIpc) is 2.03. The highest BCUT2D eigenvalue weighted by molar-refractivity contribution is 7.62. The Balaban J connectivity index is 4.47. The zero-order valence-corrected chi connectivity index (χ0v) is 11.2. The van der Waals surface area contributed by atoms with Crippen molar-refractivity contribution in [3.63, 3.8) is 0 Å². The highest BCUT2D eigenvalue weighted by Crippen LogP contribution is 2.51. The summed E-state index contributed by atoms with van der Waals surface area (Å²) in [4.78, 5) is 0. The SMILES string of the molecule is C/C=C(/C(C)C)P(C)C(C)C(C)C. The summed E-state index contributed by atoms with van der Waals surface area (Å²) in [7, 11) is 0.0769. The van der Waals surface area contributed by atoms with Gasteiger partial charge < -0.3 is 0 Å². The van der Waals surface area contributed by atoms with Gasteiger partial charge in [-0.25, -0.2) is 0 Å². The van der Waals surface area contributed by atoms with Gasteiger partial charge in [-0.05, 0) is 36.4 Å². The van der Waals surface area contributed by atoms with Crippen LogP contribution in [0.25, 0.3) is 0 Å². The molecule has 0 amide bonds. The van der Waals surface area contributed by atoms with Crippen LogP contribution < -0.4 is 0 Å². The first kappa shape index (κ1) is 13.2. The van der Waals surface area contributed by atoms with E-state index in [1.165, 1.54) is 0 Å². The van der Waals surface area contributed by atoms with Crippen LogP contribution in [0.1, 0.15) is 41.5 Å². The Morgan fingerprint density at radius 1 is 1.08 bits per heavy atom. The molecule has 0 saturated carbocycles. The number of hydrogen-bond donors (Lipinski definition) is 0. The molecule has 0 N–H and O–H groups in total. The normalized spacial score (nSPS) is 18.1. The molecular formula is C12H25P. The monoisotopic (exact) mass is 200 g/mol. The van der Waals surface area contributed by atoms with Gasteiger partial charge in [0.2, 0.25) is 0 Å². The average molecular weight is 200 g/mol. The van der Waals surface area contributed by atoms with E-state index in [4.69, 9.17) is 0 Å². The van der Waals surface area contributed by atoms with Crippen molar-refractivity contribution in [2.75, 3.05) is 6.66 Å². The molecule has 0 aromatic rings. The molecule has 78 valence electrons. The first-order chi connectivity index (χ1) is 5.91. The van der Waals surface area contributed by atoms with E-state index in [0.717, 1.165) is 17.5 Å². The highest BCUT2D eigenvalue weighted by Gasteiger charge is 2.19. The third-order valence-electron chi connectivity index (χ3n) is 2.87. The van der Waals surface area contributed by atoms with Gasteiger partial charge in [-0.2, -0.15) is 0 Å². The van der Waals surface area contributed by atoms with E-state index in [-0.39, 0.29) is 7.92 Å². The summed E-state index contributed by atoms with van der Waals surface area (Å²) in [5.74, 6) is 1.53. The second-order valence-electron chi connectivity index (χ2n) is 4.46. The summed E-state index contributed by atoms with van der Waals surface area (Å²) in [5.41, 5.74) is 0.851. The quantitative estimate of drug-likeness (QED) is 0.577. The summed E-state index contributed by atoms with van der Waals surface area (Å²) >= 11 is 0. The lowest BCUT2D eigenvalue weighted by Gasteiger charge is -2.28. The Labute approximate surface area is 85.6 Å². The van der Waals surface area contributed by atoms with Gasteiger partial charge >= 0.3 is 0 Å². The maximum absolute atomic E-state index is 2.43. The molecule has 0 aromatic carbocycles. The van der Waals surface area contributed by atoms with Crippen LogP contribution >= 0.6 is 7.92 Å². The molecule has 0 rings (SSSR count). The van der Waals surface area contributed by atoms with Crippen LogP contribution in [-0.4, -0.2) is 12.3 Å². The first-order valence-corrected chi connectivity index (χ1v) is 7.16. The van der Waals surface area contributed by atoms with Gasteiger partial charge in [0, 0.05) is 0 Å². The molecule has 0 aliphatic heterocycles. The fraction of sp³-hybridized carbons (Fsp3) is 0.833. The van der Waals surface area contributed by atoms with Gasteiger partial charge in [-0.15, -0.1) is 0 Å². The summed E-state index contributed by atoms with van der Waals surface area (Å²) in [6.07, 6.45) is 2.33. The molecule has 1 heteroatoms. The molecule has 0 radical (unpaired) electrons. The van der Waals surface area contributed by atoms with E-state index >= 15 is 0 Å². The Bertz CT molecular complexity index is 168. The maximum Gasteiger partial charge on any atom is -0.0180 e. The van der Waals surface area contributed by atoms with Crippen molar-refractivity contribution < 1.29 is 0 Å². The minimum absolute atomic E-state index is 0.0769. The maximum atomic E-state index is 2.43. The van der Waals surface area contributed by atoms with Crippen LogP contribution in [0.3, 0.4) is 0 Å². The third kappa shape index (κ3) is 3.81. The fourth-order valence-electron chi connectivity index (χ4n) is 1.63. The van der Waals surface area contributed by atoms with Crippen molar-refractivity contribution in [1.29, 1.82) is 0 Å². The largest absolute Gasteiger partial charge is 0.0837 e. The van der Waals surface area contributed by atoms with Gasteiger partial charge in [0.25, 0.3) is 0 Å². The van der Waals surface area contributed by atoms with E-state index in [1.54, 1.807) is 5.31 Å². The molecule has 0 aromatic heterocycles. The molecule has 0 nitrogen and oxygen atoms in total. The molecule has 0 aliphatic rings. The molecule has 0 aliphatic carbocycles. The van der Waals surface area contributed by atoms with E-state index < -0.39 is 0 Å². The molecule has 0 heterocycles. The molecule has 0 saturated heterocycles. The van der Waals surface area contributed by atoms with Gasteiger partial charge in [-0.1, -0.05) is 48.6 Å². The minimum atomic E-state index is 0.0769. The van der Waals surface area contributed by atoms with Crippen molar-refractivity contribution in [2.45, 2.75) is 47.2 Å². The van der Waals surface area contributed by atoms with Crippen LogP contribution in [0.5, 0.6) is 0 Å². The third-order valence-corrected chi connectivity index (χ3v) is 6.28. The Morgan fingerprint density at radius 3 is 1.77 bits per heavy atom. The van der Waals surface area contributed by atoms with Gasteiger partial charge in [0.15, 0.2) is 0 Å². The van der Waals surface area contributed by atoms with Gasteiger partial charge in [0.05, 0.1) is 0 Å². The van der Waals surface area contributed by atoms with Crippen molar-refractivity contribution in [3.05, 3.63) is 11.4 Å². The standard InChI is InChI=1S/C12H25P/c1-8-12(10(4)5)13(7)11(6)9(2)3/h8-11H,1-7H3/b12-8-. The predicted octanol–water partition coefficient (Wildman–Crippen LogP) is 4.70. The molecule has 0 spiro atoms. The van der Waals surface area contributed by atoms with E-state index in [1.807, 2.05) is 0 Å². The highest BCUT2D eigenvalue weighted by atomic mass is 31.1. The van der Waals surface area contributed by atoms with Crippen LogP contribution in [0.4, 0.5) is 0 Å². The van der Waals surface area contributed by atoms with E-state index in [9.17, 15) is 0 Å². The zero-order valence-electron chi connectivity index (χ0n) is 10.3. The second-order valence-corrected chi connectivity index (χ2v) is 7.02. The fourth-order valence-corrected chi connectivity index (χ4v) is 4.21. The molecule has 2 atom stereocenters. The summed E-state index contributed by atoms with van der Waals surface area (Å²) in [6, 6.07) is 0. The first-order valence-electron chi connectivity index (χ1n) is 5.30. The molecule has 0 bridgehead atoms. The van der Waals surface area contributed by atoms with Crippen molar-refractivity contribution >= 4 is 7.92 Å². The van der Waals surface area contributed by atoms with Crippen LogP contribution in [0.15, 0.2) is 11.4 Å². The van der Waals surface area contributed by atoms with Crippen molar-refractivity contribution in [3.8, 4) is 0 Å². The lowest BCUT2D eigenvalue weighted by molar-refractivity contribution is 0.633. The van der Waals surface area contributed by atoms with Crippen LogP contribution in [0.2, 0.25) is 0 Å². The summed E-state index contributed by atoms with van der Waals surface area (Å²) < 4.78 is 0. The topological polar surface area (TPSA) is 0 Å². The van der Waals surface area contributed by atoms with Crippen molar-refractivity contribution in [2.24, 2.45) is 11.8 Å². The van der Waals surface area contributed by atoms with E-state index in [2.05, 4.69) is 54.3 Å². The van der Waals surface area contributed by atoms with Crippen LogP contribution in [0, 0.1) is 11.8 Å². The minimum Gasteiger partial charge on any atom is -0.0837 e. The van der Waals surface area contributed by atoms with E-state index in [0.29, 0.717) is 0 Å². The summed E-state index contributed by atoms with van der Waals surface area (Å²) in [6.45, 7) is 16.3. The number of allylic oxidation sites excluding steroid dienone is 2. The molecule has 13 heavy (non-hydrogen) atoms. The van der Waals surface area contributed by atoms with Crippen molar-refractivity contribution in [1.82, 2.24) is 0 Å². The second kappa shape index (κ2) is 5.81. The predicted molar refractivity (Wildman–Crippen MR) is 65.7 cm³/mol. The molecule has 2 unspecified atom stereocenters.